The Labute approximate surface area is 144 Å². The summed E-state index contributed by atoms with van der Waals surface area (Å²) in [6, 6.07) is 0. The maximum atomic E-state index is 12.9. The molecular weight excluding hydrogens is 326 g/mol. The quantitative estimate of drug-likeness (QED) is 0.902. The highest BCUT2D eigenvalue weighted by atomic mass is 32.1. The highest BCUT2D eigenvalue weighted by Crippen LogP contribution is 2.35. The molecule has 7 heteroatoms. The van der Waals surface area contributed by atoms with E-state index in [2.05, 4.69) is 4.98 Å². The number of aromatic nitrogens is 2. The lowest BCUT2D eigenvalue weighted by atomic mass is 9.92. The molecule has 24 heavy (non-hydrogen) atoms. The van der Waals surface area contributed by atoms with Crippen LogP contribution in [-0.4, -0.2) is 38.5 Å². The van der Waals surface area contributed by atoms with Crippen LogP contribution in [0.2, 0.25) is 0 Å². The first kappa shape index (κ1) is 16.7. The zero-order valence-electron chi connectivity index (χ0n) is 13.9. The third kappa shape index (κ3) is 2.96. The van der Waals surface area contributed by atoms with E-state index in [1.165, 1.54) is 0 Å². The molecule has 2 aromatic heterocycles. The first-order valence-corrected chi connectivity index (χ1v) is 8.96. The molecule has 128 valence electrons. The van der Waals surface area contributed by atoms with Crippen LogP contribution in [0.15, 0.2) is 12.5 Å². The number of rotatable bonds is 5. The van der Waals surface area contributed by atoms with Crippen LogP contribution in [-0.2, 0) is 25.9 Å². The van der Waals surface area contributed by atoms with Crippen LogP contribution in [0.3, 0.4) is 0 Å². The molecule has 0 aliphatic heterocycles. The van der Waals surface area contributed by atoms with Crippen LogP contribution in [0.5, 0.6) is 0 Å². The van der Waals surface area contributed by atoms with Gasteiger partial charge in [-0.3, -0.25) is 4.79 Å². The predicted molar refractivity (Wildman–Crippen MR) is 91.6 cm³/mol. The predicted octanol–water partition coefficient (Wildman–Crippen LogP) is 2.81. The number of aromatic carboxylic acids is 1. The van der Waals surface area contributed by atoms with Crippen LogP contribution >= 0.6 is 11.3 Å². The fraction of sp³-hybridized carbons (Fsp3) is 0.471. The average molecular weight is 347 g/mol. The molecule has 1 aliphatic rings. The van der Waals surface area contributed by atoms with Crippen molar-refractivity contribution in [1.29, 1.82) is 0 Å². The molecule has 0 saturated heterocycles. The number of thiophene rings is 1. The first-order valence-electron chi connectivity index (χ1n) is 8.15. The molecule has 2 aromatic rings. The number of fused-ring (bicyclic) bond motifs is 1. The maximum absolute atomic E-state index is 12.9. The van der Waals surface area contributed by atoms with Gasteiger partial charge in [0.15, 0.2) is 0 Å². The zero-order chi connectivity index (χ0) is 17.3. The lowest BCUT2D eigenvalue weighted by Gasteiger charge is -2.19. The first-order chi connectivity index (χ1) is 11.5. The van der Waals surface area contributed by atoms with E-state index >= 15 is 0 Å². The smallest absolute Gasteiger partial charge is 0.346 e. The number of hydrogen-bond donors (Lipinski definition) is 1. The van der Waals surface area contributed by atoms with Crippen molar-refractivity contribution in [3.63, 3.8) is 0 Å². The molecule has 1 aliphatic carbocycles. The molecule has 6 nitrogen and oxygen atoms in total. The third-order valence-corrected chi connectivity index (χ3v) is 5.74. The second-order valence-electron chi connectivity index (χ2n) is 6.06. The van der Waals surface area contributed by atoms with Crippen molar-refractivity contribution in [2.24, 2.45) is 0 Å². The minimum Gasteiger partial charge on any atom is -0.477 e. The molecule has 1 amide bonds. The van der Waals surface area contributed by atoms with Gasteiger partial charge in [-0.1, -0.05) is 0 Å². The van der Waals surface area contributed by atoms with Gasteiger partial charge in [0.1, 0.15) is 4.88 Å². The van der Waals surface area contributed by atoms with Gasteiger partial charge in [0.25, 0.3) is 5.91 Å². The Hall–Kier alpha value is -2.15. The molecule has 0 saturated carbocycles. The van der Waals surface area contributed by atoms with Crippen molar-refractivity contribution >= 4 is 23.2 Å². The van der Waals surface area contributed by atoms with Crippen molar-refractivity contribution in [1.82, 2.24) is 14.5 Å². The van der Waals surface area contributed by atoms with E-state index in [0.29, 0.717) is 16.3 Å². The van der Waals surface area contributed by atoms with Gasteiger partial charge in [-0.15, -0.1) is 11.3 Å². The second kappa shape index (κ2) is 6.76. The summed E-state index contributed by atoms with van der Waals surface area (Å²) in [6.07, 6.45) is 7.07. The number of carboxylic acids is 1. The molecular formula is C17H21N3O3S. The number of nitrogens with zero attached hydrogens (tertiary/aromatic N) is 3. The summed E-state index contributed by atoms with van der Waals surface area (Å²) in [7, 11) is 1.75. The van der Waals surface area contributed by atoms with Gasteiger partial charge in [-0.25, -0.2) is 9.78 Å². The Balaban J connectivity index is 1.88. The number of amides is 1. The number of carboxylic acid groups (broad SMARTS) is 1. The lowest BCUT2D eigenvalue weighted by molar-refractivity contribution is 0.0700. The molecule has 0 bridgehead atoms. The van der Waals surface area contributed by atoms with E-state index in [9.17, 15) is 14.7 Å². The Morgan fingerprint density at radius 2 is 1.96 bits per heavy atom. The summed E-state index contributed by atoms with van der Waals surface area (Å²) >= 11 is 1.13. The molecule has 0 unspecified atom stereocenters. The van der Waals surface area contributed by atoms with Gasteiger partial charge in [-0.2, -0.15) is 0 Å². The van der Waals surface area contributed by atoms with Crippen LogP contribution in [0.1, 0.15) is 55.9 Å². The van der Waals surface area contributed by atoms with Crippen LogP contribution in [0.4, 0.5) is 0 Å². The molecule has 1 N–H and O–H groups in total. The van der Waals surface area contributed by atoms with Crippen LogP contribution in [0, 0.1) is 0 Å². The normalized spacial score (nSPS) is 13.6. The minimum absolute atomic E-state index is 0.102. The van der Waals surface area contributed by atoms with E-state index < -0.39 is 5.97 Å². The van der Waals surface area contributed by atoms with Gasteiger partial charge in [-0.05, 0) is 43.7 Å². The summed E-state index contributed by atoms with van der Waals surface area (Å²) in [5.74, 6) is -1.03. The average Bonchev–Trinajstić information content (AvgIpc) is 3.18. The number of imidazole rings is 1. The summed E-state index contributed by atoms with van der Waals surface area (Å²) < 4.78 is 2.00. The number of aryl methyl sites for hydroxylation is 1. The Bertz CT molecular complexity index is 778. The maximum Gasteiger partial charge on any atom is 0.346 e. The van der Waals surface area contributed by atoms with E-state index in [1.807, 2.05) is 11.5 Å². The Morgan fingerprint density at radius 1 is 1.29 bits per heavy atom. The Kier molecular flexibility index (Phi) is 4.71. The molecule has 0 atom stereocenters. The monoisotopic (exact) mass is 347 g/mol. The fourth-order valence-corrected chi connectivity index (χ4v) is 4.46. The molecule has 0 spiro atoms. The zero-order valence-corrected chi connectivity index (χ0v) is 14.7. The molecule has 0 aromatic carbocycles. The minimum atomic E-state index is -0.927. The largest absolute Gasteiger partial charge is 0.477 e. The van der Waals surface area contributed by atoms with Gasteiger partial charge in [0, 0.05) is 19.8 Å². The van der Waals surface area contributed by atoms with E-state index in [4.69, 9.17) is 0 Å². The SMILES string of the molecule is CCn1cncc1CN(C)C(=O)c1sc(C(=O)O)c2c1CCCC2. The van der Waals surface area contributed by atoms with Gasteiger partial charge >= 0.3 is 5.97 Å². The fourth-order valence-electron chi connectivity index (χ4n) is 3.23. The topological polar surface area (TPSA) is 75.4 Å². The van der Waals surface area contributed by atoms with Crippen LogP contribution < -0.4 is 0 Å². The van der Waals surface area contributed by atoms with Crippen LogP contribution in [0.25, 0.3) is 0 Å². The standard InChI is InChI=1S/C17H21N3O3S/c1-3-20-10-18-8-11(20)9-19(2)16(21)14-12-6-4-5-7-13(12)15(24-14)17(22)23/h8,10H,3-7,9H2,1-2H3,(H,22,23). The second-order valence-corrected chi connectivity index (χ2v) is 7.08. The summed E-state index contributed by atoms with van der Waals surface area (Å²) in [4.78, 5) is 31.1. The molecule has 3 rings (SSSR count). The summed E-state index contributed by atoms with van der Waals surface area (Å²) in [5, 5.41) is 9.42. The number of hydrogen-bond acceptors (Lipinski definition) is 4. The van der Waals surface area contributed by atoms with Crippen molar-refractivity contribution in [3.05, 3.63) is 39.1 Å². The number of carbonyl (C=O) groups excluding carboxylic acids is 1. The highest BCUT2D eigenvalue weighted by Gasteiger charge is 2.29. The summed E-state index contributed by atoms with van der Waals surface area (Å²) in [5.41, 5.74) is 2.79. The molecule has 0 fully saturated rings. The lowest BCUT2D eigenvalue weighted by Crippen LogP contribution is -2.27. The van der Waals surface area contributed by atoms with Crippen molar-refractivity contribution in [3.8, 4) is 0 Å². The molecule has 2 heterocycles. The Morgan fingerprint density at radius 3 is 2.58 bits per heavy atom. The van der Waals surface area contributed by atoms with Crippen molar-refractivity contribution in [2.75, 3.05) is 7.05 Å². The summed E-state index contributed by atoms with van der Waals surface area (Å²) in [6.45, 7) is 3.29. The van der Waals surface area contributed by atoms with Gasteiger partial charge in [0.05, 0.1) is 23.4 Å². The number of carbonyl (C=O) groups is 2. The van der Waals surface area contributed by atoms with Gasteiger partial charge < -0.3 is 14.6 Å². The van der Waals surface area contributed by atoms with E-state index in [1.54, 1.807) is 24.5 Å². The van der Waals surface area contributed by atoms with E-state index in [0.717, 1.165) is 60.4 Å². The van der Waals surface area contributed by atoms with Crippen molar-refractivity contribution < 1.29 is 14.7 Å². The van der Waals surface area contributed by atoms with E-state index in [-0.39, 0.29) is 5.91 Å². The van der Waals surface area contributed by atoms with Crippen molar-refractivity contribution in [2.45, 2.75) is 45.7 Å². The van der Waals surface area contributed by atoms with Gasteiger partial charge in [0.2, 0.25) is 0 Å². The third-order valence-electron chi connectivity index (χ3n) is 4.49. The highest BCUT2D eigenvalue weighted by molar-refractivity contribution is 7.16. The molecule has 0 radical (unpaired) electrons.